The van der Waals surface area contributed by atoms with Crippen LogP contribution in [-0.2, 0) is 5.88 Å². The lowest BCUT2D eigenvalue weighted by Gasteiger charge is -2.08. The summed E-state index contributed by atoms with van der Waals surface area (Å²) in [5.41, 5.74) is 1.90. The van der Waals surface area contributed by atoms with Crippen molar-refractivity contribution in [2.24, 2.45) is 0 Å². The van der Waals surface area contributed by atoms with E-state index in [1.165, 1.54) is 0 Å². The van der Waals surface area contributed by atoms with Gasteiger partial charge >= 0.3 is 0 Å². The highest BCUT2D eigenvalue weighted by atomic mass is 35.5. The highest BCUT2D eigenvalue weighted by molar-refractivity contribution is 6.17. The fraction of sp³-hybridized carbons (Fsp3) is 0.0625. The second kappa shape index (κ2) is 5.29. The molecule has 94 valence electrons. The highest BCUT2D eigenvalue weighted by Gasteiger charge is 2.04. The van der Waals surface area contributed by atoms with Crippen LogP contribution in [0.1, 0.15) is 5.56 Å². The van der Waals surface area contributed by atoms with Gasteiger partial charge in [0.15, 0.2) is 5.75 Å². The van der Waals surface area contributed by atoms with Gasteiger partial charge in [-0.2, -0.15) is 0 Å². The van der Waals surface area contributed by atoms with Gasteiger partial charge in [0, 0.05) is 17.5 Å². The quantitative estimate of drug-likeness (QED) is 0.639. The van der Waals surface area contributed by atoms with Crippen LogP contribution >= 0.6 is 11.6 Å². The van der Waals surface area contributed by atoms with Crippen molar-refractivity contribution < 1.29 is 4.74 Å². The third kappa shape index (κ3) is 2.54. The van der Waals surface area contributed by atoms with Crippen molar-refractivity contribution in [3.05, 3.63) is 66.4 Å². The summed E-state index contributed by atoms with van der Waals surface area (Å²) in [6.07, 6.45) is 1.77. The van der Waals surface area contributed by atoms with E-state index in [9.17, 15) is 0 Å². The summed E-state index contributed by atoms with van der Waals surface area (Å²) >= 11 is 5.83. The molecule has 3 heteroatoms. The molecule has 2 nitrogen and oxygen atoms in total. The first-order valence-corrected chi connectivity index (χ1v) is 6.57. The Morgan fingerprint density at radius 2 is 1.84 bits per heavy atom. The van der Waals surface area contributed by atoms with Crippen molar-refractivity contribution in [1.82, 2.24) is 4.98 Å². The number of aromatic nitrogens is 1. The molecule has 1 aromatic heterocycles. The van der Waals surface area contributed by atoms with E-state index in [-0.39, 0.29) is 0 Å². The molecule has 0 amide bonds. The Kier molecular flexibility index (Phi) is 3.34. The SMILES string of the molecule is ClCc1cccc(Oc2cccc3cccnc23)c1. The Labute approximate surface area is 116 Å². The van der Waals surface area contributed by atoms with Crippen molar-refractivity contribution in [1.29, 1.82) is 0 Å². The molecular formula is C16H12ClNO. The van der Waals surface area contributed by atoms with Crippen LogP contribution < -0.4 is 4.74 Å². The predicted molar refractivity (Wildman–Crippen MR) is 77.8 cm³/mol. The molecule has 0 N–H and O–H groups in total. The average Bonchev–Trinajstić information content (AvgIpc) is 2.48. The van der Waals surface area contributed by atoms with E-state index in [4.69, 9.17) is 16.3 Å². The summed E-state index contributed by atoms with van der Waals surface area (Å²) < 4.78 is 5.91. The van der Waals surface area contributed by atoms with Gasteiger partial charge in [-0.3, -0.25) is 4.98 Å². The molecule has 0 radical (unpaired) electrons. The minimum atomic E-state index is 0.477. The minimum Gasteiger partial charge on any atom is -0.455 e. The Bertz CT molecular complexity index is 706. The van der Waals surface area contributed by atoms with E-state index < -0.39 is 0 Å². The van der Waals surface area contributed by atoms with E-state index in [0.29, 0.717) is 5.88 Å². The predicted octanol–water partition coefficient (Wildman–Crippen LogP) is 4.77. The fourth-order valence-corrected chi connectivity index (χ4v) is 2.14. The largest absolute Gasteiger partial charge is 0.455 e. The molecule has 0 aliphatic rings. The van der Waals surface area contributed by atoms with Crippen molar-refractivity contribution in [2.45, 2.75) is 5.88 Å². The summed E-state index contributed by atoms with van der Waals surface area (Å²) in [5.74, 6) is 2.01. The van der Waals surface area contributed by atoms with Gasteiger partial charge in [0.2, 0.25) is 0 Å². The molecule has 0 spiro atoms. The molecule has 0 atom stereocenters. The number of benzene rings is 2. The lowest BCUT2D eigenvalue weighted by Crippen LogP contribution is -1.88. The monoisotopic (exact) mass is 269 g/mol. The Morgan fingerprint density at radius 3 is 2.74 bits per heavy atom. The van der Waals surface area contributed by atoms with Crippen LogP contribution in [-0.4, -0.2) is 4.98 Å². The average molecular weight is 270 g/mol. The molecule has 0 bridgehead atoms. The number of halogens is 1. The van der Waals surface area contributed by atoms with E-state index >= 15 is 0 Å². The maximum absolute atomic E-state index is 5.91. The van der Waals surface area contributed by atoms with Crippen LogP contribution in [0.25, 0.3) is 10.9 Å². The lowest BCUT2D eigenvalue weighted by molar-refractivity contribution is 0.486. The summed E-state index contributed by atoms with van der Waals surface area (Å²) in [6, 6.07) is 17.6. The number of hydrogen-bond acceptors (Lipinski definition) is 2. The minimum absolute atomic E-state index is 0.477. The summed E-state index contributed by atoms with van der Waals surface area (Å²) in [6.45, 7) is 0. The van der Waals surface area contributed by atoms with Crippen LogP contribution in [0, 0.1) is 0 Å². The Hall–Kier alpha value is -2.06. The highest BCUT2D eigenvalue weighted by Crippen LogP contribution is 2.28. The third-order valence-corrected chi connectivity index (χ3v) is 3.18. The summed E-state index contributed by atoms with van der Waals surface area (Å²) in [7, 11) is 0. The van der Waals surface area contributed by atoms with Gasteiger partial charge in [-0.15, -0.1) is 11.6 Å². The molecule has 1 heterocycles. The smallest absolute Gasteiger partial charge is 0.153 e. The van der Waals surface area contributed by atoms with Crippen molar-refractivity contribution in [2.75, 3.05) is 0 Å². The number of alkyl halides is 1. The normalized spacial score (nSPS) is 10.6. The molecule has 0 unspecified atom stereocenters. The van der Waals surface area contributed by atoms with Gasteiger partial charge in [-0.05, 0) is 29.8 Å². The van der Waals surface area contributed by atoms with Crippen LogP contribution in [0.3, 0.4) is 0 Å². The van der Waals surface area contributed by atoms with E-state index in [1.807, 2.05) is 54.6 Å². The lowest BCUT2D eigenvalue weighted by atomic mass is 10.2. The van der Waals surface area contributed by atoms with Crippen LogP contribution in [0.2, 0.25) is 0 Å². The van der Waals surface area contributed by atoms with Gasteiger partial charge in [0.05, 0.1) is 0 Å². The van der Waals surface area contributed by atoms with E-state index in [1.54, 1.807) is 6.20 Å². The first-order chi connectivity index (χ1) is 9.36. The number of rotatable bonds is 3. The molecule has 2 aromatic carbocycles. The molecule has 0 aliphatic heterocycles. The van der Waals surface area contributed by atoms with Gasteiger partial charge in [-0.1, -0.05) is 30.3 Å². The molecule has 3 aromatic rings. The summed E-state index contributed by atoms with van der Waals surface area (Å²) in [4.78, 5) is 4.37. The zero-order chi connectivity index (χ0) is 13.1. The van der Waals surface area contributed by atoms with E-state index in [0.717, 1.165) is 28.0 Å². The second-order valence-electron chi connectivity index (χ2n) is 4.21. The molecular weight excluding hydrogens is 258 g/mol. The summed E-state index contributed by atoms with van der Waals surface area (Å²) in [5, 5.41) is 1.06. The zero-order valence-electron chi connectivity index (χ0n) is 10.2. The van der Waals surface area contributed by atoms with Crippen molar-refractivity contribution in [3.63, 3.8) is 0 Å². The number of fused-ring (bicyclic) bond motifs is 1. The first-order valence-electron chi connectivity index (χ1n) is 6.03. The third-order valence-electron chi connectivity index (χ3n) is 2.88. The zero-order valence-corrected chi connectivity index (χ0v) is 11.0. The van der Waals surface area contributed by atoms with E-state index in [2.05, 4.69) is 4.98 Å². The maximum atomic E-state index is 5.91. The number of para-hydroxylation sites is 1. The van der Waals surface area contributed by atoms with Gasteiger partial charge in [-0.25, -0.2) is 0 Å². The fourth-order valence-electron chi connectivity index (χ4n) is 1.98. The number of nitrogens with zero attached hydrogens (tertiary/aromatic N) is 1. The Balaban J connectivity index is 2.01. The number of ether oxygens (including phenoxy) is 1. The molecule has 19 heavy (non-hydrogen) atoms. The van der Waals surface area contributed by atoms with Gasteiger partial charge in [0.25, 0.3) is 0 Å². The van der Waals surface area contributed by atoms with Crippen LogP contribution in [0.15, 0.2) is 60.8 Å². The number of pyridine rings is 1. The van der Waals surface area contributed by atoms with Crippen molar-refractivity contribution in [3.8, 4) is 11.5 Å². The number of hydrogen-bond donors (Lipinski definition) is 0. The van der Waals surface area contributed by atoms with Gasteiger partial charge < -0.3 is 4.74 Å². The maximum Gasteiger partial charge on any atom is 0.153 e. The standard InChI is InChI=1S/C16H12ClNO/c17-11-12-4-1-7-14(10-12)19-15-8-2-5-13-6-3-9-18-16(13)15/h1-10H,11H2. The Morgan fingerprint density at radius 1 is 1.00 bits per heavy atom. The molecule has 0 aliphatic carbocycles. The topological polar surface area (TPSA) is 22.1 Å². The molecule has 0 saturated heterocycles. The van der Waals surface area contributed by atoms with Crippen molar-refractivity contribution >= 4 is 22.5 Å². The van der Waals surface area contributed by atoms with Gasteiger partial charge in [0.1, 0.15) is 11.3 Å². The molecule has 3 rings (SSSR count). The first kappa shape index (κ1) is 12.0. The second-order valence-corrected chi connectivity index (χ2v) is 4.48. The van der Waals surface area contributed by atoms with Crippen LogP contribution in [0.5, 0.6) is 11.5 Å². The molecule has 0 saturated carbocycles. The van der Waals surface area contributed by atoms with Crippen LogP contribution in [0.4, 0.5) is 0 Å². The molecule has 0 fully saturated rings.